The second-order valence-corrected chi connectivity index (χ2v) is 14.2. The largest absolute Gasteiger partial charge is 0.453 e. The molecule has 1 aliphatic heterocycles. The van der Waals surface area contributed by atoms with Crippen molar-refractivity contribution in [2.24, 2.45) is 5.92 Å². The third kappa shape index (κ3) is 4.79. The summed E-state index contributed by atoms with van der Waals surface area (Å²) in [7, 11) is 1.31. The number of imidazole rings is 1. The van der Waals surface area contributed by atoms with Crippen LogP contribution in [-0.2, 0) is 21.4 Å². The number of halogens is 1. The Morgan fingerprint density at radius 2 is 1.88 bits per heavy atom. The number of H-pyrrole nitrogens is 1. The lowest BCUT2D eigenvalue weighted by atomic mass is 9.79. The van der Waals surface area contributed by atoms with Crippen LogP contribution in [-0.4, -0.2) is 46.6 Å². The molecule has 2 fully saturated rings. The van der Waals surface area contributed by atoms with Gasteiger partial charge in [-0.15, -0.1) is 11.3 Å². The number of fused-ring (bicyclic) bond motifs is 2. The van der Waals surface area contributed by atoms with E-state index >= 15 is 0 Å². The van der Waals surface area contributed by atoms with Crippen molar-refractivity contribution >= 4 is 39.3 Å². The van der Waals surface area contributed by atoms with Crippen LogP contribution in [0.25, 0.3) is 21.7 Å². The molecule has 3 heterocycles. The van der Waals surface area contributed by atoms with E-state index in [2.05, 4.69) is 50.5 Å². The lowest BCUT2D eigenvalue weighted by molar-refractivity contribution is -0.135. The number of nitrogens with zero attached hydrogens (tertiary/aromatic N) is 2. The zero-order chi connectivity index (χ0) is 28.0. The number of hydrogen-bond donors (Lipinski definition) is 2. The van der Waals surface area contributed by atoms with Gasteiger partial charge in [0.05, 0.1) is 28.8 Å². The molecule has 9 heteroatoms. The van der Waals surface area contributed by atoms with E-state index in [-0.39, 0.29) is 17.9 Å². The summed E-state index contributed by atoms with van der Waals surface area (Å²) in [4.78, 5) is 36.8. The molecular formula is C31H37BrN4O3S. The van der Waals surface area contributed by atoms with Gasteiger partial charge >= 0.3 is 6.09 Å². The van der Waals surface area contributed by atoms with Gasteiger partial charge in [-0.2, -0.15) is 0 Å². The molecule has 1 spiro atoms. The summed E-state index contributed by atoms with van der Waals surface area (Å²) >= 11 is 5.77. The predicted molar refractivity (Wildman–Crippen MR) is 161 cm³/mol. The first kappa shape index (κ1) is 27.5. The molecule has 0 bridgehead atoms. The summed E-state index contributed by atoms with van der Waals surface area (Å²) in [5, 5.41) is 2.71. The second-order valence-electron chi connectivity index (χ2n) is 11.9. The molecular weight excluding hydrogens is 588 g/mol. The number of carbonyl (C=O) groups excluding carboxylic acids is 2. The van der Waals surface area contributed by atoms with Gasteiger partial charge in [0.25, 0.3) is 0 Å². The normalized spacial score (nSPS) is 20.3. The van der Waals surface area contributed by atoms with Crippen LogP contribution in [0.1, 0.15) is 81.8 Å². The average molecular weight is 626 g/mol. The smallest absolute Gasteiger partial charge is 0.407 e. The van der Waals surface area contributed by atoms with E-state index in [1.165, 1.54) is 59.9 Å². The number of rotatable bonds is 6. The Balaban J connectivity index is 1.22. The van der Waals surface area contributed by atoms with E-state index in [1.807, 2.05) is 36.3 Å². The average Bonchev–Trinajstić information content (AvgIpc) is 3.78. The molecule has 0 radical (unpaired) electrons. The Hall–Kier alpha value is -2.65. The fraction of sp³-hybridized carbons (Fsp3) is 0.516. The predicted octanol–water partition coefficient (Wildman–Crippen LogP) is 7.37. The maximum atomic E-state index is 13.5. The number of amides is 2. The number of hydrogen-bond acceptors (Lipinski definition) is 5. The number of alkyl carbamates (subject to hydrolysis) is 1. The molecule has 212 valence electrons. The van der Waals surface area contributed by atoms with Crippen LogP contribution in [0.3, 0.4) is 0 Å². The minimum absolute atomic E-state index is 0.0627. The minimum Gasteiger partial charge on any atom is -0.453 e. The Labute approximate surface area is 248 Å². The molecule has 6 rings (SSSR count). The Morgan fingerprint density at radius 3 is 2.58 bits per heavy atom. The summed E-state index contributed by atoms with van der Waals surface area (Å²) in [6, 6.07) is 8.05. The minimum atomic E-state index is -0.642. The standard InChI is InChI=1S/C31H37BrN4O3S/c1-18(2)25(35-30(38)39-3)29(37)36-16-6-7-23(36)28-33-17-22(34-28)19-8-10-20(11-9-19)26-24-21(27(32)40-26)12-15-31(24)13-4-5-14-31/h8-11,17-18,23,25H,4-7,12-16H2,1-3H3,(H,33,34)(H,35,38). The van der Waals surface area contributed by atoms with Gasteiger partial charge in [0.2, 0.25) is 5.91 Å². The van der Waals surface area contributed by atoms with Crippen molar-refractivity contribution in [1.82, 2.24) is 20.2 Å². The highest BCUT2D eigenvalue weighted by Crippen LogP contribution is 2.57. The maximum Gasteiger partial charge on any atom is 0.407 e. The van der Waals surface area contributed by atoms with Gasteiger partial charge in [0.15, 0.2) is 0 Å². The number of methoxy groups -OCH3 is 1. The summed E-state index contributed by atoms with van der Waals surface area (Å²) in [6.07, 6.45) is 10.8. The summed E-state index contributed by atoms with van der Waals surface area (Å²) in [5.41, 5.74) is 6.85. The third-order valence-corrected chi connectivity index (χ3v) is 11.2. The number of aromatic amines is 1. The van der Waals surface area contributed by atoms with Crippen molar-refractivity contribution < 1.29 is 14.3 Å². The molecule has 1 aromatic carbocycles. The van der Waals surface area contributed by atoms with E-state index in [0.29, 0.717) is 12.0 Å². The Bertz CT molecular complexity index is 1410. The van der Waals surface area contributed by atoms with Gasteiger partial charge < -0.3 is 19.9 Å². The highest BCUT2D eigenvalue weighted by Gasteiger charge is 2.44. The van der Waals surface area contributed by atoms with Crippen LogP contribution >= 0.6 is 27.3 Å². The fourth-order valence-electron chi connectivity index (χ4n) is 7.11. The van der Waals surface area contributed by atoms with Gasteiger partial charge in [-0.1, -0.05) is 51.0 Å². The van der Waals surface area contributed by atoms with Crippen LogP contribution in [0.5, 0.6) is 0 Å². The molecule has 2 unspecified atom stereocenters. The lowest BCUT2D eigenvalue weighted by Gasteiger charge is -2.30. The van der Waals surface area contributed by atoms with Gasteiger partial charge in [-0.3, -0.25) is 4.79 Å². The number of ether oxygens (including phenoxy) is 1. The first-order valence-corrected chi connectivity index (χ1v) is 16.0. The molecule has 3 aromatic rings. The van der Waals surface area contributed by atoms with Crippen molar-refractivity contribution in [2.75, 3.05) is 13.7 Å². The topological polar surface area (TPSA) is 87.3 Å². The number of benzene rings is 1. The third-order valence-electron chi connectivity index (χ3n) is 9.20. The van der Waals surface area contributed by atoms with E-state index in [4.69, 9.17) is 9.72 Å². The van der Waals surface area contributed by atoms with Crippen molar-refractivity contribution in [3.63, 3.8) is 0 Å². The molecule has 2 N–H and O–H groups in total. The number of likely N-dealkylation sites (tertiary alicyclic amines) is 1. The molecule has 1 saturated carbocycles. The highest BCUT2D eigenvalue weighted by atomic mass is 79.9. The zero-order valence-corrected chi connectivity index (χ0v) is 25.8. The van der Waals surface area contributed by atoms with Crippen LogP contribution in [0.4, 0.5) is 4.79 Å². The van der Waals surface area contributed by atoms with E-state index in [9.17, 15) is 9.59 Å². The van der Waals surface area contributed by atoms with Crippen LogP contribution in [0.2, 0.25) is 0 Å². The summed E-state index contributed by atoms with van der Waals surface area (Å²) < 4.78 is 6.06. The van der Waals surface area contributed by atoms with Crippen molar-refractivity contribution in [3.8, 4) is 21.7 Å². The van der Waals surface area contributed by atoms with Gasteiger partial charge in [-0.05, 0) is 88.0 Å². The van der Waals surface area contributed by atoms with E-state index in [0.717, 1.165) is 29.9 Å². The van der Waals surface area contributed by atoms with E-state index in [1.54, 1.807) is 11.1 Å². The Morgan fingerprint density at radius 1 is 1.15 bits per heavy atom. The fourth-order valence-corrected chi connectivity index (χ4v) is 9.20. The number of carbonyl (C=O) groups is 2. The van der Waals surface area contributed by atoms with Gasteiger partial charge in [0.1, 0.15) is 11.9 Å². The second kappa shape index (κ2) is 11.0. The highest BCUT2D eigenvalue weighted by molar-refractivity contribution is 9.11. The molecule has 3 aliphatic rings. The maximum absolute atomic E-state index is 13.5. The molecule has 2 amide bonds. The van der Waals surface area contributed by atoms with E-state index < -0.39 is 12.1 Å². The van der Waals surface area contributed by atoms with Crippen molar-refractivity contribution in [2.45, 2.75) is 82.7 Å². The summed E-state index contributed by atoms with van der Waals surface area (Å²) in [6.45, 7) is 4.49. The van der Waals surface area contributed by atoms with Crippen molar-refractivity contribution in [3.05, 3.63) is 51.2 Å². The van der Waals surface area contributed by atoms with Crippen LogP contribution in [0, 0.1) is 5.92 Å². The zero-order valence-electron chi connectivity index (χ0n) is 23.4. The molecule has 40 heavy (non-hydrogen) atoms. The summed E-state index contributed by atoms with van der Waals surface area (Å²) in [5.74, 6) is 0.626. The Kier molecular flexibility index (Phi) is 7.55. The monoisotopic (exact) mass is 624 g/mol. The van der Waals surface area contributed by atoms with Crippen LogP contribution < -0.4 is 5.32 Å². The SMILES string of the molecule is COC(=O)NC(C(=O)N1CCCC1c1ncc(-c2ccc(-c3sc(Br)c4c3C3(CCCC3)CC4)cc2)[nH]1)C(C)C. The molecule has 2 aliphatic carbocycles. The number of aromatic nitrogens is 2. The van der Waals surface area contributed by atoms with Crippen molar-refractivity contribution in [1.29, 1.82) is 0 Å². The van der Waals surface area contributed by atoms with Crippen LogP contribution in [0.15, 0.2) is 34.2 Å². The number of nitrogens with one attached hydrogen (secondary N) is 2. The molecule has 2 aromatic heterocycles. The molecule has 2 atom stereocenters. The molecule has 1 saturated heterocycles. The number of thiophene rings is 1. The first-order chi connectivity index (χ1) is 19.3. The van der Waals surface area contributed by atoms with Gasteiger partial charge in [-0.25, -0.2) is 9.78 Å². The van der Waals surface area contributed by atoms with Gasteiger partial charge in [0, 0.05) is 11.4 Å². The first-order valence-electron chi connectivity index (χ1n) is 14.4. The quantitative estimate of drug-likeness (QED) is 0.300. The lowest BCUT2D eigenvalue weighted by Crippen LogP contribution is -2.51. The molecule has 7 nitrogen and oxygen atoms in total.